The van der Waals surface area contributed by atoms with Crippen LogP contribution in [-0.4, -0.2) is 72.5 Å². The van der Waals surface area contributed by atoms with Crippen LogP contribution in [0.5, 0.6) is 0 Å². The van der Waals surface area contributed by atoms with Crippen LogP contribution in [0.4, 0.5) is 4.79 Å². The van der Waals surface area contributed by atoms with Gasteiger partial charge in [-0.2, -0.15) is 0 Å². The number of amides is 3. The van der Waals surface area contributed by atoms with Crippen LogP contribution in [0, 0.1) is 0 Å². The zero-order valence-electron chi connectivity index (χ0n) is 14.9. The summed E-state index contributed by atoms with van der Waals surface area (Å²) in [5.74, 6) is 0.0259. The van der Waals surface area contributed by atoms with Crippen molar-refractivity contribution in [2.24, 2.45) is 0 Å². The first-order valence-electron chi connectivity index (χ1n) is 8.52. The molecule has 1 aromatic rings. The molecule has 1 N–H and O–H groups in total. The first-order valence-corrected chi connectivity index (χ1v) is 8.52. The lowest BCUT2D eigenvalue weighted by atomic mass is 10.2. The molecule has 24 heavy (non-hydrogen) atoms. The Kier molecular flexibility index (Phi) is 6.61. The smallest absolute Gasteiger partial charge is 0.320 e. The Balaban J connectivity index is 1.71. The number of rotatable bonds is 5. The van der Waals surface area contributed by atoms with Crippen molar-refractivity contribution < 1.29 is 9.59 Å². The number of benzene rings is 1. The molecule has 1 aliphatic rings. The van der Waals surface area contributed by atoms with E-state index in [4.69, 9.17) is 0 Å². The third-order valence-electron chi connectivity index (χ3n) is 4.42. The maximum Gasteiger partial charge on any atom is 0.320 e. The number of urea groups is 1. The molecular weight excluding hydrogens is 304 g/mol. The lowest BCUT2D eigenvalue weighted by Gasteiger charge is -2.37. The topological polar surface area (TPSA) is 55.9 Å². The van der Waals surface area contributed by atoms with Crippen LogP contribution in [0.3, 0.4) is 0 Å². The SMILES string of the molecule is CC(C)N(C)C(=O)N1CCN(CC(=O)NCc2ccccc2)CC1. The molecule has 0 saturated carbocycles. The Morgan fingerprint density at radius 2 is 1.75 bits per heavy atom. The van der Waals surface area contributed by atoms with E-state index in [1.165, 1.54) is 0 Å². The van der Waals surface area contributed by atoms with Crippen LogP contribution in [-0.2, 0) is 11.3 Å². The van der Waals surface area contributed by atoms with Crippen LogP contribution in [0.15, 0.2) is 30.3 Å². The first-order chi connectivity index (χ1) is 11.5. The Morgan fingerprint density at radius 3 is 2.33 bits per heavy atom. The molecule has 0 aromatic heterocycles. The van der Waals surface area contributed by atoms with Crippen molar-refractivity contribution in [1.82, 2.24) is 20.0 Å². The first kappa shape index (κ1) is 18.3. The summed E-state index contributed by atoms with van der Waals surface area (Å²) < 4.78 is 0. The van der Waals surface area contributed by atoms with Crippen LogP contribution in [0.2, 0.25) is 0 Å². The molecule has 0 radical (unpaired) electrons. The molecule has 1 saturated heterocycles. The number of carbonyl (C=O) groups excluding carboxylic acids is 2. The third kappa shape index (κ3) is 5.23. The fraction of sp³-hybridized carbons (Fsp3) is 0.556. The van der Waals surface area contributed by atoms with Crippen LogP contribution in [0.1, 0.15) is 19.4 Å². The van der Waals surface area contributed by atoms with Crippen LogP contribution < -0.4 is 5.32 Å². The minimum Gasteiger partial charge on any atom is -0.351 e. The van der Waals surface area contributed by atoms with E-state index in [1.54, 1.807) is 4.90 Å². The number of nitrogens with one attached hydrogen (secondary N) is 1. The van der Waals surface area contributed by atoms with Gasteiger partial charge < -0.3 is 15.1 Å². The number of carbonyl (C=O) groups is 2. The molecule has 1 aromatic carbocycles. The Labute approximate surface area is 144 Å². The van der Waals surface area contributed by atoms with Crippen molar-refractivity contribution in [1.29, 1.82) is 0 Å². The zero-order valence-corrected chi connectivity index (χ0v) is 14.9. The fourth-order valence-electron chi connectivity index (χ4n) is 2.60. The van der Waals surface area contributed by atoms with Crippen molar-refractivity contribution in [2.45, 2.75) is 26.4 Å². The summed E-state index contributed by atoms with van der Waals surface area (Å²) in [6.07, 6.45) is 0. The second-order valence-electron chi connectivity index (χ2n) is 6.51. The van der Waals surface area contributed by atoms with Gasteiger partial charge in [-0.15, -0.1) is 0 Å². The van der Waals surface area contributed by atoms with Gasteiger partial charge in [-0.3, -0.25) is 9.69 Å². The monoisotopic (exact) mass is 332 g/mol. The summed E-state index contributed by atoms with van der Waals surface area (Å²) in [6, 6.07) is 10.1. The Bertz CT molecular complexity index is 539. The average molecular weight is 332 g/mol. The molecule has 0 unspecified atom stereocenters. The van der Waals surface area contributed by atoms with E-state index in [9.17, 15) is 9.59 Å². The second kappa shape index (κ2) is 8.68. The van der Waals surface area contributed by atoms with E-state index in [-0.39, 0.29) is 18.0 Å². The molecule has 6 nitrogen and oxygen atoms in total. The molecule has 1 heterocycles. The summed E-state index contributed by atoms with van der Waals surface area (Å²) in [5.41, 5.74) is 1.10. The van der Waals surface area contributed by atoms with Gasteiger partial charge in [0.25, 0.3) is 0 Å². The summed E-state index contributed by atoms with van der Waals surface area (Å²) in [5, 5.41) is 2.94. The largest absolute Gasteiger partial charge is 0.351 e. The summed E-state index contributed by atoms with van der Waals surface area (Å²) >= 11 is 0. The number of hydrogen-bond acceptors (Lipinski definition) is 3. The lowest BCUT2D eigenvalue weighted by Crippen LogP contribution is -2.54. The van der Waals surface area contributed by atoms with Gasteiger partial charge >= 0.3 is 6.03 Å². The van der Waals surface area contributed by atoms with E-state index in [0.29, 0.717) is 26.2 Å². The lowest BCUT2D eigenvalue weighted by molar-refractivity contribution is -0.122. The van der Waals surface area contributed by atoms with Gasteiger partial charge in [-0.25, -0.2) is 4.79 Å². The highest BCUT2D eigenvalue weighted by molar-refractivity contribution is 5.78. The van der Waals surface area contributed by atoms with Gasteiger partial charge in [0, 0.05) is 45.8 Å². The van der Waals surface area contributed by atoms with E-state index < -0.39 is 0 Å². The number of piperazine rings is 1. The van der Waals surface area contributed by atoms with Crippen molar-refractivity contribution in [3.63, 3.8) is 0 Å². The normalized spacial score (nSPS) is 15.4. The summed E-state index contributed by atoms with van der Waals surface area (Å²) in [7, 11) is 1.83. The van der Waals surface area contributed by atoms with E-state index in [0.717, 1.165) is 18.7 Å². The third-order valence-corrected chi connectivity index (χ3v) is 4.42. The van der Waals surface area contributed by atoms with Gasteiger partial charge in [0.05, 0.1) is 6.54 Å². The molecule has 3 amide bonds. The number of hydrogen-bond donors (Lipinski definition) is 1. The molecule has 0 bridgehead atoms. The van der Waals surface area contributed by atoms with Crippen molar-refractivity contribution in [3.05, 3.63) is 35.9 Å². The average Bonchev–Trinajstić information content (AvgIpc) is 2.60. The predicted molar refractivity (Wildman–Crippen MR) is 94.6 cm³/mol. The van der Waals surface area contributed by atoms with E-state index >= 15 is 0 Å². The van der Waals surface area contributed by atoms with Gasteiger partial charge in [-0.1, -0.05) is 30.3 Å². The zero-order chi connectivity index (χ0) is 17.5. The van der Waals surface area contributed by atoms with Crippen LogP contribution >= 0.6 is 0 Å². The molecule has 0 atom stereocenters. The molecule has 132 valence electrons. The van der Waals surface area contributed by atoms with Gasteiger partial charge in [0.1, 0.15) is 0 Å². The predicted octanol–water partition coefficient (Wildman–Crippen LogP) is 1.38. The minimum atomic E-state index is 0.0259. The molecule has 0 aliphatic carbocycles. The molecule has 0 spiro atoms. The highest BCUT2D eigenvalue weighted by atomic mass is 16.2. The van der Waals surface area contributed by atoms with Crippen molar-refractivity contribution >= 4 is 11.9 Å². The minimum absolute atomic E-state index is 0.0259. The van der Waals surface area contributed by atoms with Crippen LogP contribution in [0.25, 0.3) is 0 Å². The Hall–Kier alpha value is -2.08. The second-order valence-corrected chi connectivity index (χ2v) is 6.51. The van der Waals surface area contributed by atoms with Gasteiger partial charge in [0.2, 0.25) is 5.91 Å². The fourth-order valence-corrected chi connectivity index (χ4v) is 2.60. The van der Waals surface area contributed by atoms with E-state index in [2.05, 4.69) is 10.2 Å². The summed E-state index contributed by atoms with van der Waals surface area (Å²) in [6.45, 7) is 7.75. The van der Waals surface area contributed by atoms with Gasteiger partial charge in [-0.05, 0) is 19.4 Å². The highest BCUT2D eigenvalue weighted by Gasteiger charge is 2.25. The maximum atomic E-state index is 12.3. The maximum absolute atomic E-state index is 12.3. The van der Waals surface area contributed by atoms with Crippen molar-refractivity contribution in [3.8, 4) is 0 Å². The highest BCUT2D eigenvalue weighted by Crippen LogP contribution is 2.07. The molecule has 1 fully saturated rings. The summed E-state index contributed by atoms with van der Waals surface area (Å²) in [4.78, 5) is 30.0. The van der Waals surface area contributed by atoms with Gasteiger partial charge in [0.15, 0.2) is 0 Å². The number of nitrogens with zero attached hydrogens (tertiary/aromatic N) is 3. The Morgan fingerprint density at radius 1 is 1.12 bits per heavy atom. The molecular formula is C18H28N4O2. The quantitative estimate of drug-likeness (QED) is 0.886. The molecule has 1 aliphatic heterocycles. The van der Waals surface area contributed by atoms with E-state index in [1.807, 2.05) is 56.1 Å². The molecule has 2 rings (SSSR count). The standard InChI is InChI=1S/C18H28N4O2/c1-15(2)20(3)18(24)22-11-9-21(10-12-22)14-17(23)19-13-16-7-5-4-6-8-16/h4-8,15H,9-14H2,1-3H3,(H,19,23). The molecule has 6 heteroatoms. The van der Waals surface area contributed by atoms with Crippen molar-refractivity contribution in [2.75, 3.05) is 39.8 Å².